The Bertz CT molecular complexity index is 1130. The van der Waals surface area contributed by atoms with E-state index in [9.17, 15) is 4.79 Å². The highest BCUT2D eigenvalue weighted by Crippen LogP contribution is 2.40. The van der Waals surface area contributed by atoms with Gasteiger partial charge >= 0.3 is 0 Å². The number of hydrogen-bond donors (Lipinski definition) is 1. The molecular weight excluding hydrogens is 458 g/mol. The number of nitrogens with one attached hydrogen (secondary N) is 1. The van der Waals surface area contributed by atoms with Gasteiger partial charge in [0.05, 0.1) is 0 Å². The highest BCUT2D eigenvalue weighted by Gasteiger charge is 2.34. The maximum atomic E-state index is 12.5. The number of benzene rings is 2. The Labute approximate surface area is 180 Å². The summed E-state index contributed by atoms with van der Waals surface area (Å²) in [5.41, 5.74) is 2.92. The normalized spacial score (nSPS) is 15.7. The Morgan fingerprint density at radius 1 is 1.31 bits per heavy atom. The van der Waals surface area contributed by atoms with Crippen molar-refractivity contribution < 1.29 is 9.53 Å². The Morgan fingerprint density at radius 3 is 2.86 bits per heavy atom. The van der Waals surface area contributed by atoms with Crippen molar-refractivity contribution in [3.63, 3.8) is 0 Å². The molecule has 29 heavy (non-hydrogen) atoms. The van der Waals surface area contributed by atoms with Crippen LogP contribution in [0.15, 0.2) is 58.2 Å². The van der Waals surface area contributed by atoms with Crippen LogP contribution in [-0.4, -0.2) is 26.0 Å². The Kier molecular flexibility index (Phi) is 5.38. The molecule has 1 unspecified atom stereocenters. The van der Waals surface area contributed by atoms with Crippen LogP contribution in [0.1, 0.15) is 31.0 Å². The molecule has 0 aliphatic carbocycles. The third-order valence-electron chi connectivity index (χ3n) is 4.70. The van der Waals surface area contributed by atoms with Crippen molar-refractivity contribution in [2.75, 3.05) is 5.32 Å². The number of Topliss-reactive ketones (excluding diaryl/α,β-unsaturated/α-hetero) is 1. The topological polar surface area (TPSA) is 81.9 Å². The number of hydrogen-bond acceptors (Lipinski definition) is 6. The fourth-order valence-electron chi connectivity index (χ4n) is 3.39. The molecule has 7 nitrogen and oxygen atoms in total. The van der Waals surface area contributed by atoms with Crippen molar-refractivity contribution in [3.8, 4) is 5.75 Å². The second-order valence-electron chi connectivity index (χ2n) is 6.63. The first-order chi connectivity index (χ1) is 14.0. The number of ketones is 1. The Balaban J connectivity index is 1.79. The largest absolute Gasteiger partial charge is 0.488 e. The van der Waals surface area contributed by atoms with Gasteiger partial charge < -0.3 is 10.1 Å². The van der Waals surface area contributed by atoms with Gasteiger partial charge in [-0.05, 0) is 48.5 Å². The molecule has 2 heterocycles. The fraction of sp³-hybridized carbons (Fsp3) is 0.200. The van der Waals surface area contributed by atoms with Crippen LogP contribution in [0.3, 0.4) is 0 Å². The van der Waals surface area contributed by atoms with Gasteiger partial charge in [-0.1, -0.05) is 50.8 Å². The molecule has 0 radical (unpaired) electrons. The number of carbonyl (C=O) groups excluding carboxylic acids is 1. The molecule has 1 N–H and O–H groups in total. The van der Waals surface area contributed by atoms with Crippen LogP contribution in [0, 0.1) is 0 Å². The predicted molar refractivity (Wildman–Crippen MR) is 113 cm³/mol. The first-order valence-electron chi connectivity index (χ1n) is 8.88. The minimum Gasteiger partial charge on any atom is -0.488 e. The zero-order chi connectivity index (χ0) is 20.5. The first-order valence-corrected chi connectivity index (χ1v) is 10.0. The van der Waals surface area contributed by atoms with E-state index in [1.165, 1.54) is 6.92 Å². The standard InChI is InChI=1S/C20H17BrClN5O2/c1-11-18(12(2)28)19(27-20(23-11)24-25-26-27)15-9-14(21)7-8-17(15)29-10-13-5-3-4-6-16(13)22/h3-9,19H,10H2,1-2H3,(H,23,24,26). The zero-order valence-electron chi connectivity index (χ0n) is 15.7. The lowest BCUT2D eigenvalue weighted by Crippen LogP contribution is -2.28. The molecule has 9 heteroatoms. The molecule has 0 bridgehead atoms. The second-order valence-corrected chi connectivity index (χ2v) is 7.95. The summed E-state index contributed by atoms with van der Waals surface area (Å²) in [5.74, 6) is 1.01. The van der Waals surface area contributed by atoms with Gasteiger partial charge in [-0.15, -0.1) is 0 Å². The number of halogens is 2. The molecule has 0 saturated heterocycles. The van der Waals surface area contributed by atoms with E-state index < -0.39 is 6.04 Å². The summed E-state index contributed by atoms with van der Waals surface area (Å²) in [6.07, 6.45) is 0. The third-order valence-corrected chi connectivity index (χ3v) is 5.56. The number of tetrazole rings is 1. The Hall–Kier alpha value is -2.71. The maximum absolute atomic E-state index is 12.5. The third kappa shape index (κ3) is 3.77. The molecular formula is C20H17BrClN5O2. The van der Waals surface area contributed by atoms with Crippen LogP contribution in [-0.2, 0) is 11.4 Å². The van der Waals surface area contributed by atoms with Gasteiger partial charge in [0, 0.05) is 31.9 Å². The minimum absolute atomic E-state index is 0.0711. The van der Waals surface area contributed by atoms with Crippen molar-refractivity contribution in [1.29, 1.82) is 0 Å². The van der Waals surface area contributed by atoms with Crippen LogP contribution in [0.4, 0.5) is 5.95 Å². The Morgan fingerprint density at radius 2 is 2.10 bits per heavy atom. The number of rotatable bonds is 5. The zero-order valence-corrected chi connectivity index (χ0v) is 18.0. The average molecular weight is 475 g/mol. The number of ether oxygens (including phenoxy) is 1. The molecule has 0 amide bonds. The van der Waals surface area contributed by atoms with E-state index in [-0.39, 0.29) is 5.78 Å². The number of allylic oxidation sites excluding steroid dienone is 2. The van der Waals surface area contributed by atoms with E-state index in [2.05, 4.69) is 36.8 Å². The maximum Gasteiger partial charge on any atom is 0.248 e. The molecule has 2 aromatic carbocycles. The van der Waals surface area contributed by atoms with Crippen LogP contribution < -0.4 is 10.1 Å². The molecule has 1 aliphatic rings. The van der Waals surface area contributed by atoms with Crippen molar-refractivity contribution in [3.05, 3.63) is 74.4 Å². The smallest absolute Gasteiger partial charge is 0.248 e. The number of aromatic nitrogens is 4. The van der Waals surface area contributed by atoms with Crippen molar-refractivity contribution >= 4 is 39.3 Å². The van der Waals surface area contributed by atoms with Crippen molar-refractivity contribution in [1.82, 2.24) is 20.2 Å². The van der Waals surface area contributed by atoms with E-state index in [4.69, 9.17) is 16.3 Å². The van der Waals surface area contributed by atoms with Gasteiger partial charge in [0.25, 0.3) is 0 Å². The van der Waals surface area contributed by atoms with E-state index in [1.54, 1.807) is 4.68 Å². The van der Waals surface area contributed by atoms with E-state index in [1.807, 2.05) is 49.4 Å². The van der Waals surface area contributed by atoms with Gasteiger partial charge in [0.1, 0.15) is 18.4 Å². The van der Waals surface area contributed by atoms with Crippen molar-refractivity contribution in [2.24, 2.45) is 0 Å². The number of fused-ring (bicyclic) bond motifs is 1. The van der Waals surface area contributed by atoms with Gasteiger partial charge in [-0.3, -0.25) is 4.79 Å². The van der Waals surface area contributed by atoms with E-state index >= 15 is 0 Å². The average Bonchev–Trinajstić information content (AvgIpc) is 3.14. The lowest BCUT2D eigenvalue weighted by molar-refractivity contribution is -0.114. The number of nitrogens with zero attached hydrogens (tertiary/aromatic N) is 4. The van der Waals surface area contributed by atoms with Crippen LogP contribution in [0.2, 0.25) is 5.02 Å². The summed E-state index contributed by atoms with van der Waals surface area (Å²) in [4.78, 5) is 12.5. The molecule has 4 rings (SSSR count). The van der Waals surface area contributed by atoms with Crippen LogP contribution >= 0.6 is 27.5 Å². The summed E-state index contributed by atoms with van der Waals surface area (Å²) >= 11 is 9.78. The molecule has 1 atom stereocenters. The molecule has 3 aromatic rings. The summed E-state index contributed by atoms with van der Waals surface area (Å²) in [6.45, 7) is 3.66. The van der Waals surface area contributed by atoms with Crippen molar-refractivity contribution in [2.45, 2.75) is 26.5 Å². The predicted octanol–water partition coefficient (Wildman–Crippen LogP) is 4.55. The number of anilines is 1. The highest BCUT2D eigenvalue weighted by molar-refractivity contribution is 9.10. The fourth-order valence-corrected chi connectivity index (χ4v) is 3.96. The minimum atomic E-state index is -0.516. The molecule has 0 saturated carbocycles. The highest BCUT2D eigenvalue weighted by atomic mass is 79.9. The molecule has 0 fully saturated rings. The molecule has 148 valence electrons. The van der Waals surface area contributed by atoms with E-state index in [0.717, 1.165) is 15.6 Å². The van der Waals surface area contributed by atoms with Gasteiger partial charge in [-0.25, -0.2) is 0 Å². The lowest BCUT2D eigenvalue weighted by Gasteiger charge is -2.28. The SMILES string of the molecule is CC(=O)C1=C(C)Nc2nnnn2C1c1cc(Br)ccc1OCc1ccccc1Cl. The first kappa shape index (κ1) is 19.6. The summed E-state index contributed by atoms with van der Waals surface area (Å²) in [7, 11) is 0. The van der Waals surface area contributed by atoms with Gasteiger partial charge in [-0.2, -0.15) is 4.68 Å². The second kappa shape index (κ2) is 7.96. The van der Waals surface area contributed by atoms with Crippen LogP contribution in [0.5, 0.6) is 5.75 Å². The lowest BCUT2D eigenvalue weighted by atomic mass is 9.92. The van der Waals surface area contributed by atoms with E-state index in [0.29, 0.717) is 34.6 Å². The van der Waals surface area contributed by atoms with Crippen LogP contribution in [0.25, 0.3) is 0 Å². The summed E-state index contributed by atoms with van der Waals surface area (Å²) in [5, 5.41) is 15.6. The molecule has 1 aromatic heterocycles. The molecule has 1 aliphatic heterocycles. The van der Waals surface area contributed by atoms with Gasteiger partial charge in [0.2, 0.25) is 5.95 Å². The van der Waals surface area contributed by atoms with Gasteiger partial charge in [0.15, 0.2) is 5.78 Å². The quantitative estimate of drug-likeness (QED) is 0.584. The summed E-state index contributed by atoms with van der Waals surface area (Å²) < 4.78 is 8.57. The monoisotopic (exact) mass is 473 g/mol. The summed E-state index contributed by atoms with van der Waals surface area (Å²) in [6, 6.07) is 12.7. The molecule has 0 spiro atoms. The number of carbonyl (C=O) groups is 1.